The lowest BCUT2D eigenvalue weighted by atomic mass is 10.1. The molecule has 0 spiro atoms. The van der Waals surface area contributed by atoms with Crippen LogP contribution < -0.4 is 0 Å². The van der Waals surface area contributed by atoms with E-state index in [1.807, 2.05) is 9.13 Å². The van der Waals surface area contributed by atoms with Crippen molar-refractivity contribution in [1.82, 2.24) is 19.1 Å². The highest BCUT2D eigenvalue weighted by Crippen LogP contribution is 2.26. The van der Waals surface area contributed by atoms with Crippen LogP contribution in [0.4, 0.5) is 11.4 Å². The van der Waals surface area contributed by atoms with Gasteiger partial charge in [-0.1, -0.05) is 0 Å². The smallest absolute Gasteiger partial charge is 0.269 e. The Bertz CT molecular complexity index is 1200. The van der Waals surface area contributed by atoms with Gasteiger partial charge >= 0.3 is 0 Å². The quantitative estimate of drug-likeness (QED) is 0.112. The Kier molecular flexibility index (Phi) is 8.13. The molecule has 0 saturated carbocycles. The van der Waals surface area contributed by atoms with Crippen molar-refractivity contribution in [3.05, 3.63) is 105 Å². The molecule has 0 aliphatic heterocycles. The van der Waals surface area contributed by atoms with Gasteiger partial charge < -0.3 is 9.13 Å². The van der Waals surface area contributed by atoms with Crippen molar-refractivity contribution < 1.29 is 13.5 Å². The van der Waals surface area contributed by atoms with Gasteiger partial charge in [-0.25, -0.2) is 13.6 Å². The summed E-state index contributed by atoms with van der Waals surface area (Å²) in [5.74, 6) is 1.18. The molecule has 2 aromatic carbocycles. The van der Waals surface area contributed by atoms with E-state index in [2.05, 4.69) is 9.97 Å². The molecule has 4 rings (SSSR count). The topological polar surface area (TPSA) is 131 Å². The number of nitro benzene ring substituents is 2. The second-order valence-corrected chi connectivity index (χ2v) is 9.12. The first-order chi connectivity index (χ1) is 17.0. The maximum atomic E-state index is 11.2. The highest BCUT2D eigenvalue weighted by Gasteiger charge is 2.14. The molecule has 2 heterocycles. The average molecular weight is 513 g/mol. The zero-order chi connectivity index (χ0) is 24.6. The lowest BCUT2D eigenvalue weighted by Gasteiger charge is -2.11. The van der Waals surface area contributed by atoms with Crippen molar-refractivity contribution in [1.29, 1.82) is 0 Å². The minimum atomic E-state index is -0.410. The summed E-state index contributed by atoms with van der Waals surface area (Å²) >= 11 is 2.52. The highest BCUT2D eigenvalue weighted by atomic mass is 32.2. The van der Waals surface area contributed by atoms with E-state index in [9.17, 15) is 20.2 Å². The first kappa shape index (κ1) is 24.4. The van der Waals surface area contributed by atoms with E-state index < -0.39 is 9.85 Å². The van der Waals surface area contributed by atoms with Gasteiger partial charge in [0.25, 0.3) is 11.4 Å². The van der Waals surface area contributed by atoms with Crippen molar-refractivity contribution >= 4 is 35.5 Å². The summed E-state index contributed by atoms with van der Waals surface area (Å²) in [5.41, 5.74) is 3.38. The first-order valence-electron chi connectivity index (χ1n) is 10.5. The first-order valence-corrected chi connectivity index (χ1v) is 12.3. The van der Waals surface area contributed by atoms with Gasteiger partial charge in [0.2, 0.25) is 0 Å². The molecule has 0 radical (unpaired) electrons. The van der Waals surface area contributed by atoms with Crippen LogP contribution in [0.1, 0.15) is 11.1 Å². The molecular weight excluding hydrogens is 492 g/mol. The van der Waals surface area contributed by atoms with Crippen LogP contribution >= 0.6 is 24.1 Å². The SMILES string of the molecule is O=[N+]([O-])c1ccc(-n2ccnc2)c(CCSOSCCc2cc([N+](=O)[O-])ccc2-n2ccnc2)c1. The van der Waals surface area contributed by atoms with Crippen molar-refractivity contribution in [3.63, 3.8) is 0 Å². The number of nitro groups is 2. The Morgan fingerprint density at radius 1 is 0.771 bits per heavy atom. The zero-order valence-corrected chi connectivity index (χ0v) is 19.9. The molecule has 2 aromatic heterocycles. The average Bonchev–Trinajstić information content (AvgIpc) is 3.58. The van der Waals surface area contributed by atoms with E-state index in [0.29, 0.717) is 24.3 Å². The number of aryl methyl sites for hydroxylation is 2. The fourth-order valence-electron chi connectivity index (χ4n) is 3.48. The standard InChI is InChI=1S/C22H20N6O5S2/c29-27(30)19-1-3-21(25-9-7-23-15-25)17(13-19)5-11-34-33-35-12-6-18-14-20(28(31)32)2-4-22(18)26-10-8-24-16-26/h1-4,7-10,13-16H,5-6,11-12H2. The van der Waals surface area contributed by atoms with Crippen molar-refractivity contribution in [2.45, 2.75) is 12.8 Å². The van der Waals surface area contributed by atoms with E-state index in [1.165, 1.54) is 36.2 Å². The molecule has 13 heteroatoms. The maximum Gasteiger partial charge on any atom is 0.269 e. The maximum absolute atomic E-state index is 11.2. The number of aromatic nitrogens is 4. The molecular formula is C22H20N6O5S2. The molecule has 0 saturated heterocycles. The molecule has 0 N–H and O–H groups in total. The third-order valence-electron chi connectivity index (χ3n) is 5.12. The Morgan fingerprint density at radius 2 is 1.23 bits per heavy atom. The highest BCUT2D eigenvalue weighted by molar-refractivity contribution is 8.07. The number of non-ortho nitro benzene ring substituents is 2. The third-order valence-corrected chi connectivity index (χ3v) is 6.63. The van der Waals surface area contributed by atoms with Gasteiger partial charge in [-0.05, 0) is 36.1 Å². The summed E-state index contributed by atoms with van der Waals surface area (Å²) in [6.45, 7) is 0. The van der Waals surface area contributed by atoms with E-state index in [4.69, 9.17) is 3.63 Å². The number of benzene rings is 2. The van der Waals surface area contributed by atoms with Crippen LogP contribution in [-0.4, -0.2) is 40.5 Å². The summed E-state index contributed by atoms with van der Waals surface area (Å²) in [6, 6.07) is 9.53. The summed E-state index contributed by atoms with van der Waals surface area (Å²) < 4.78 is 9.25. The largest absolute Gasteiger partial charge is 0.306 e. The summed E-state index contributed by atoms with van der Waals surface area (Å²) in [5, 5.41) is 22.4. The normalized spacial score (nSPS) is 11.0. The molecule has 0 aliphatic carbocycles. The van der Waals surface area contributed by atoms with Crippen LogP contribution in [0, 0.1) is 20.2 Å². The Hall–Kier alpha value is -3.68. The minimum Gasteiger partial charge on any atom is -0.306 e. The molecule has 0 bridgehead atoms. The molecule has 0 atom stereocenters. The van der Waals surface area contributed by atoms with Gasteiger partial charge in [-0.3, -0.25) is 20.2 Å². The van der Waals surface area contributed by atoms with Gasteiger partial charge in [0.15, 0.2) is 0 Å². The molecule has 4 aromatic rings. The minimum absolute atomic E-state index is 0.0369. The molecule has 0 amide bonds. The summed E-state index contributed by atoms with van der Waals surface area (Å²) in [7, 11) is 0. The van der Waals surface area contributed by atoms with Crippen LogP contribution in [-0.2, 0) is 16.5 Å². The predicted molar refractivity (Wildman–Crippen MR) is 134 cm³/mol. The van der Waals surface area contributed by atoms with Crippen molar-refractivity contribution in [3.8, 4) is 11.4 Å². The molecule has 180 valence electrons. The lowest BCUT2D eigenvalue weighted by Crippen LogP contribution is -2.01. The summed E-state index contributed by atoms with van der Waals surface area (Å²) in [4.78, 5) is 29.6. The lowest BCUT2D eigenvalue weighted by molar-refractivity contribution is -0.385. The number of hydrogen-bond donors (Lipinski definition) is 0. The second kappa shape index (κ2) is 11.6. The van der Waals surface area contributed by atoms with Crippen LogP contribution in [0.3, 0.4) is 0 Å². The molecule has 0 fully saturated rings. The molecule has 0 aliphatic rings. The second-order valence-electron chi connectivity index (χ2n) is 7.29. The Labute approximate surface area is 208 Å². The predicted octanol–water partition coefficient (Wildman–Crippen LogP) is 4.97. The van der Waals surface area contributed by atoms with Crippen LogP contribution in [0.5, 0.6) is 0 Å². The van der Waals surface area contributed by atoms with E-state index in [1.54, 1.807) is 61.7 Å². The van der Waals surface area contributed by atoms with Crippen molar-refractivity contribution in [2.24, 2.45) is 0 Å². The third kappa shape index (κ3) is 6.26. The summed E-state index contributed by atoms with van der Waals surface area (Å²) in [6.07, 6.45) is 11.3. The van der Waals surface area contributed by atoms with Crippen LogP contribution in [0.2, 0.25) is 0 Å². The van der Waals surface area contributed by atoms with Gasteiger partial charge in [0.1, 0.15) is 0 Å². The van der Waals surface area contributed by atoms with Crippen LogP contribution in [0.25, 0.3) is 11.4 Å². The fraction of sp³-hybridized carbons (Fsp3) is 0.182. The number of imidazole rings is 2. The van der Waals surface area contributed by atoms with E-state index >= 15 is 0 Å². The Morgan fingerprint density at radius 3 is 1.60 bits per heavy atom. The number of nitrogens with zero attached hydrogens (tertiary/aromatic N) is 6. The van der Waals surface area contributed by atoms with Crippen LogP contribution in [0.15, 0.2) is 73.8 Å². The number of rotatable bonds is 12. The monoisotopic (exact) mass is 512 g/mol. The van der Waals surface area contributed by atoms with Gasteiger partial charge in [-0.15, -0.1) is 0 Å². The van der Waals surface area contributed by atoms with E-state index in [-0.39, 0.29) is 11.4 Å². The van der Waals surface area contributed by atoms with Gasteiger partial charge in [0, 0.05) is 84.6 Å². The Balaban J connectivity index is 1.30. The van der Waals surface area contributed by atoms with Crippen molar-refractivity contribution in [2.75, 3.05) is 11.5 Å². The van der Waals surface area contributed by atoms with Gasteiger partial charge in [-0.2, -0.15) is 0 Å². The molecule has 0 unspecified atom stereocenters. The van der Waals surface area contributed by atoms with Gasteiger partial charge in [0.05, 0.1) is 33.9 Å². The molecule has 35 heavy (non-hydrogen) atoms. The zero-order valence-electron chi connectivity index (χ0n) is 18.3. The fourth-order valence-corrected chi connectivity index (χ4v) is 4.91. The van der Waals surface area contributed by atoms with E-state index in [0.717, 1.165) is 22.5 Å². The number of hydrogen-bond acceptors (Lipinski definition) is 9. The molecule has 11 nitrogen and oxygen atoms in total.